The minimum absolute atomic E-state index is 0.359. The van der Waals surface area contributed by atoms with Crippen LogP contribution >= 0.6 is 0 Å². The Labute approximate surface area is 142 Å². The first kappa shape index (κ1) is 20.0. The van der Waals surface area contributed by atoms with Gasteiger partial charge in [-0.15, -0.1) is 0 Å². The lowest BCUT2D eigenvalue weighted by atomic mass is 9.99. The van der Waals surface area contributed by atoms with Gasteiger partial charge in [-0.05, 0) is 56.7 Å². The number of hydrogen-bond donors (Lipinski definition) is 2. The fourth-order valence-electron chi connectivity index (χ4n) is 2.21. The second-order valence-electron chi connectivity index (χ2n) is 6.41. The van der Waals surface area contributed by atoms with Crippen molar-refractivity contribution in [3.05, 3.63) is 29.8 Å². The standard InChI is InChI=1S/C18H32N2O2S/c1-5-16(4)17-9-11-18(12-10-17)19-13-7-6-8-14-20-23(21,22)15(2)3/h9-12,15-16,19-20H,5-8,13-14H2,1-4H3. The van der Waals surface area contributed by atoms with E-state index < -0.39 is 10.0 Å². The van der Waals surface area contributed by atoms with Crippen molar-refractivity contribution in [2.75, 3.05) is 18.4 Å². The Morgan fingerprint density at radius 3 is 2.13 bits per heavy atom. The summed E-state index contributed by atoms with van der Waals surface area (Å²) in [4.78, 5) is 0. The summed E-state index contributed by atoms with van der Waals surface area (Å²) in [7, 11) is -3.11. The van der Waals surface area contributed by atoms with Crippen molar-refractivity contribution in [1.29, 1.82) is 0 Å². The smallest absolute Gasteiger partial charge is 0.213 e. The van der Waals surface area contributed by atoms with Crippen LogP contribution in [0.2, 0.25) is 0 Å². The van der Waals surface area contributed by atoms with E-state index in [1.165, 1.54) is 5.56 Å². The van der Waals surface area contributed by atoms with Gasteiger partial charge in [0.05, 0.1) is 5.25 Å². The molecule has 1 aromatic rings. The van der Waals surface area contributed by atoms with Gasteiger partial charge in [-0.2, -0.15) is 0 Å². The molecule has 0 aliphatic heterocycles. The third-order valence-corrected chi connectivity index (χ3v) is 6.05. The largest absolute Gasteiger partial charge is 0.385 e. The average Bonchev–Trinajstić information content (AvgIpc) is 2.53. The summed E-state index contributed by atoms with van der Waals surface area (Å²) >= 11 is 0. The van der Waals surface area contributed by atoms with Gasteiger partial charge in [-0.3, -0.25) is 0 Å². The lowest BCUT2D eigenvalue weighted by Crippen LogP contribution is -2.31. The topological polar surface area (TPSA) is 58.2 Å². The van der Waals surface area contributed by atoms with Crippen LogP contribution in [0.5, 0.6) is 0 Å². The van der Waals surface area contributed by atoms with Gasteiger partial charge in [0.15, 0.2) is 0 Å². The van der Waals surface area contributed by atoms with Crippen molar-refractivity contribution in [3.63, 3.8) is 0 Å². The van der Waals surface area contributed by atoms with Crippen LogP contribution in [-0.2, 0) is 10.0 Å². The molecule has 0 aromatic heterocycles. The molecule has 0 spiro atoms. The van der Waals surface area contributed by atoms with Gasteiger partial charge in [0, 0.05) is 18.8 Å². The Morgan fingerprint density at radius 1 is 0.957 bits per heavy atom. The first-order valence-electron chi connectivity index (χ1n) is 8.69. The van der Waals surface area contributed by atoms with Gasteiger partial charge < -0.3 is 5.32 Å². The van der Waals surface area contributed by atoms with Crippen LogP contribution in [0.1, 0.15) is 64.9 Å². The molecule has 0 aliphatic carbocycles. The molecule has 1 aromatic carbocycles. The number of hydrogen-bond acceptors (Lipinski definition) is 3. The summed E-state index contributed by atoms with van der Waals surface area (Å²) in [6.45, 7) is 9.29. The zero-order valence-electron chi connectivity index (χ0n) is 14.9. The lowest BCUT2D eigenvalue weighted by Gasteiger charge is -2.11. The molecule has 23 heavy (non-hydrogen) atoms. The zero-order chi connectivity index (χ0) is 17.3. The summed E-state index contributed by atoms with van der Waals surface area (Å²) in [5.41, 5.74) is 2.54. The van der Waals surface area contributed by atoms with Gasteiger partial charge in [0.25, 0.3) is 0 Å². The van der Waals surface area contributed by atoms with Crippen LogP contribution < -0.4 is 10.0 Å². The SMILES string of the molecule is CCC(C)c1ccc(NCCCCCNS(=O)(=O)C(C)C)cc1. The average molecular weight is 341 g/mol. The van der Waals surface area contributed by atoms with Gasteiger partial charge in [0.2, 0.25) is 10.0 Å². The van der Waals surface area contributed by atoms with Crippen molar-refractivity contribution in [3.8, 4) is 0 Å². The second kappa shape index (κ2) is 9.93. The maximum absolute atomic E-state index is 11.6. The number of unbranched alkanes of at least 4 members (excludes halogenated alkanes) is 2. The van der Waals surface area contributed by atoms with Gasteiger partial charge in [-0.1, -0.05) is 32.4 Å². The number of anilines is 1. The molecule has 0 saturated heterocycles. The highest BCUT2D eigenvalue weighted by Crippen LogP contribution is 2.20. The van der Waals surface area contributed by atoms with E-state index in [0.29, 0.717) is 12.5 Å². The van der Waals surface area contributed by atoms with Crippen LogP contribution in [0.15, 0.2) is 24.3 Å². The van der Waals surface area contributed by atoms with E-state index >= 15 is 0 Å². The van der Waals surface area contributed by atoms with E-state index in [0.717, 1.165) is 37.9 Å². The Hall–Kier alpha value is -1.07. The summed E-state index contributed by atoms with van der Waals surface area (Å²) in [5, 5.41) is 3.06. The maximum Gasteiger partial charge on any atom is 0.213 e. The molecule has 0 bridgehead atoms. The fraction of sp³-hybridized carbons (Fsp3) is 0.667. The molecular formula is C18H32N2O2S. The molecule has 0 radical (unpaired) electrons. The third kappa shape index (κ3) is 7.36. The van der Waals surface area contributed by atoms with Crippen LogP contribution in [-0.4, -0.2) is 26.8 Å². The highest BCUT2D eigenvalue weighted by molar-refractivity contribution is 7.90. The van der Waals surface area contributed by atoms with Crippen molar-refractivity contribution in [1.82, 2.24) is 4.72 Å². The first-order valence-corrected chi connectivity index (χ1v) is 10.2. The summed E-state index contributed by atoms with van der Waals surface area (Å²) in [6.07, 6.45) is 4.09. The number of sulfonamides is 1. The lowest BCUT2D eigenvalue weighted by molar-refractivity contribution is 0.566. The first-order chi connectivity index (χ1) is 10.9. The fourth-order valence-corrected chi connectivity index (χ4v) is 2.97. The van der Waals surface area contributed by atoms with Crippen molar-refractivity contribution < 1.29 is 8.42 Å². The highest BCUT2D eigenvalue weighted by Gasteiger charge is 2.13. The molecule has 0 fully saturated rings. The molecule has 132 valence electrons. The maximum atomic E-state index is 11.6. The zero-order valence-corrected chi connectivity index (χ0v) is 15.7. The number of rotatable bonds is 11. The normalized spacial score (nSPS) is 13.3. The predicted molar refractivity (Wildman–Crippen MR) is 99.5 cm³/mol. The molecule has 1 rings (SSSR count). The second-order valence-corrected chi connectivity index (χ2v) is 8.73. The van der Waals surface area contributed by atoms with Crippen LogP contribution in [0.3, 0.4) is 0 Å². The van der Waals surface area contributed by atoms with Gasteiger partial charge >= 0.3 is 0 Å². The van der Waals surface area contributed by atoms with Crippen molar-refractivity contribution in [2.45, 2.75) is 64.5 Å². The molecule has 0 heterocycles. The van der Waals surface area contributed by atoms with Crippen LogP contribution in [0, 0.1) is 0 Å². The monoisotopic (exact) mass is 340 g/mol. The third-order valence-electron chi connectivity index (χ3n) is 4.20. The molecule has 1 unspecified atom stereocenters. The Bertz CT molecular complexity index is 539. The molecular weight excluding hydrogens is 308 g/mol. The molecule has 2 N–H and O–H groups in total. The van der Waals surface area contributed by atoms with Gasteiger partial charge in [-0.25, -0.2) is 13.1 Å². The molecule has 0 aliphatic rings. The summed E-state index contributed by atoms with van der Waals surface area (Å²) in [6, 6.07) is 8.66. The van der Waals surface area contributed by atoms with Crippen LogP contribution in [0.25, 0.3) is 0 Å². The van der Waals surface area contributed by atoms with E-state index in [2.05, 4.69) is 48.2 Å². The van der Waals surface area contributed by atoms with E-state index in [4.69, 9.17) is 0 Å². The molecule has 1 atom stereocenters. The molecule has 5 heteroatoms. The van der Waals surface area contributed by atoms with Gasteiger partial charge in [0.1, 0.15) is 0 Å². The minimum Gasteiger partial charge on any atom is -0.385 e. The van der Waals surface area contributed by atoms with Crippen LogP contribution in [0.4, 0.5) is 5.69 Å². The Kier molecular flexibility index (Phi) is 8.63. The number of benzene rings is 1. The van der Waals surface area contributed by atoms with E-state index in [9.17, 15) is 8.42 Å². The van der Waals surface area contributed by atoms with E-state index in [1.807, 2.05) is 0 Å². The predicted octanol–water partition coefficient (Wildman–Crippen LogP) is 4.11. The highest BCUT2D eigenvalue weighted by atomic mass is 32.2. The molecule has 0 amide bonds. The van der Waals surface area contributed by atoms with E-state index in [-0.39, 0.29) is 5.25 Å². The summed E-state index contributed by atoms with van der Waals surface area (Å²) in [5.74, 6) is 0.610. The minimum atomic E-state index is -3.11. The Balaban J connectivity index is 2.16. The van der Waals surface area contributed by atoms with Crippen molar-refractivity contribution >= 4 is 15.7 Å². The number of nitrogens with one attached hydrogen (secondary N) is 2. The van der Waals surface area contributed by atoms with E-state index in [1.54, 1.807) is 13.8 Å². The molecule has 4 nitrogen and oxygen atoms in total. The quantitative estimate of drug-likeness (QED) is 0.596. The molecule has 0 saturated carbocycles. The van der Waals surface area contributed by atoms with Crippen molar-refractivity contribution in [2.24, 2.45) is 0 Å². The summed E-state index contributed by atoms with van der Waals surface area (Å²) < 4.78 is 25.8. The Morgan fingerprint density at radius 2 is 1.57 bits per heavy atom.